The first-order valence-electron chi connectivity index (χ1n) is 6.10. The second-order valence-corrected chi connectivity index (χ2v) is 4.01. The zero-order valence-corrected chi connectivity index (χ0v) is 10.7. The molecule has 0 aromatic heterocycles. The standard InChI is InChI=1S/C15H14F2O3/c16-12-4-3-5-13(17)11(12)10-20-15-7-2-1-6-14(15)19-9-8-18/h1-7,18H,8-10H2. The summed E-state index contributed by atoms with van der Waals surface area (Å²) in [5.41, 5.74) is -0.135. The fourth-order valence-corrected chi connectivity index (χ4v) is 1.66. The number of hydrogen-bond donors (Lipinski definition) is 1. The number of ether oxygens (including phenoxy) is 2. The van der Waals surface area contributed by atoms with Crippen molar-refractivity contribution in [1.82, 2.24) is 0 Å². The van der Waals surface area contributed by atoms with Crippen molar-refractivity contribution in [2.45, 2.75) is 6.61 Å². The number of aliphatic hydroxyl groups excluding tert-OH is 1. The highest BCUT2D eigenvalue weighted by molar-refractivity contribution is 5.39. The monoisotopic (exact) mass is 280 g/mol. The first kappa shape index (κ1) is 14.3. The average molecular weight is 280 g/mol. The van der Waals surface area contributed by atoms with Gasteiger partial charge in [-0.05, 0) is 24.3 Å². The van der Waals surface area contributed by atoms with Gasteiger partial charge >= 0.3 is 0 Å². The fraction of sp³-hybridized carbons (Fsp3) is 0.200. The summed E-state index contributed by atoms with van der Waals surface area (Å²) >= 11 is 0. The molecule has 2 aromatic carbocycles. The number of benzene rings is 2. The molecule has 0 spiro atoms. The van der Waals surface area contributed by atoms with Crippen molar-refractivity contribution in [2.75, 3.05) is 13.2 Å². The molecule has 0 heterocycles. The van der Waals surface area contributed by atoms with Gasteiger partial charge in [0.25, 0.3) is 0 Å². The Morgan fingerprint density at radius 2 is 1.45 bits per heavy atom. The summed E-state index contributed by atoms with van der Waals surface area (Å²) in [5, 5.41) is 8.73. The van der Waals surface area contributed by atoms with Gasteiger partial charge < -0.3 is 14.6 Å². The van der Waals surface area contributed by atoms with Crippen LogP contribution in [0.15, 0.2) is 42.5 Å². The van der Waals surface area contributed by atoms with Crippen LogP contribution in [0.1, 0.15) is 5.56 Å². The molecule has 2 rings (SSSR count). The maximum atomic E-state index is 13.5. The number of rotatable bonds is 6. The summed E-state index contributed by atoms with van der Waals surface area (Å²) in [6.07, 6.45) is 0. The molecular weight excluding hydrogens is 266 g/mol. The Kier molecular flexibility index (Phi) is 4.90. The molecule has 0 saturated carbocycles. The van der Waals surface area contributed by atoms with E-state index in [0.717, 1.165) is 0 Å². The molecule has 0 radical (unpaired) electrons. The van der Waals surface area contributed by atoms with Crippen molar-refractivity contribution >= 4 is 0 Å². The van der Waals surface area contributed by atoms with Gasteiger partial charge in [-0.15, -0.1) is 0 Å². The Morgan fingerprint density at radius 1 is 0.850 bits per heavy atom. The van der Waals surface area contributed by atoms with Gasteiger partial charge in [-0.25, -0.2) is 8.78 Å². The third-order valence-electron chi connectivity index (χ3n) is 2.63. The molecule has 0 bridgehead atoms. The third-order valence-corrected chi connectivity index (χ3v) is 2.63. The molecule has 0 unspecified atom stereocenters. The topological polar surface area (TPSA) is 38.7 Å². The largest absolute Gasteiger partial charge is 0.487 e. The summed E-state index contributed by atoms with van der Waals surface area (Å²) in [6, 6.07) is 10.4. The lowest BCUT2D eigenvalue weighted by atomic mass is 10.2. The van der Waals surface area contributed by atoms with Gasteiger partial charge in [-0.3, -0.25) is 0 Å². The van der Waals surface area contributed by atoms with Crippen molar-refractivity contribution in [3.63, 3.8) is 0 Å². The van der Waals surface area contributed by atoms with Gasteiger partial charge in [0.05, 0.1) is 12.2 Å². The smallest absolute Gasteiger partial charge is 0.161 e. The summed E-state index contributed by atoms with van der Waals surface area (Å²) in [4.78, 5) is 0. The molecule has 0 aliphatic heterocycles. The van der Waals surface area contributed by atoms with Crippen molar-refractivity contribution in [3.05, 3.63) is 59.7 Å². The Morgan fingerprint density at radius 3 is 2.05 bits per heavy atom. The maximum absolute atomic E-state index is 13.5. The molecule has 106 valence electrons. The number of halogens is 2. The minimum absolute atomic E-state index is 0.119. The summed E-state index contributed by atoms with van der Waals surface area (Å²) in [6.45, 7) is -0.247. The van der Waals surface area contributed by atoms with E-state index in [4.69, 9.17) is 14.6 Å². The van der Waals surface area contributed by atoms with Crippen LogP contribution in [-0.2, 0) is 6.61 Å². The SMILES string of the molecule is OCCOc1ccccc1OCc1c(F)cccc1F. The zero-order valence-electron chi connectivity index (χ0n) is 10.7. The minimum atomic E-state index is -0.654. The van der Waals surface area contributed by atoms with Gasteiger partial charge in [-0.2, -0.15) is 0 Å². The van der Waals surface area contributed by atoms with E-state index in [9.17, 15) is 8.78 Å². The van der Waals surface area contributed by atoms with Gasteiger partial charge in [0.15, 0.2) is 11.5 Å². The molecule has 0 saturated heterocycles. The van der Waals surface area contributed by atoms with E-state index in [1.54, 1.807) is 24.3 Å². The van der Waals surface area contributed by atoms with Gasteiger partial charge in [0.2, 0.25) is 0 Å². The molecule has 5 heteroatoms. The number of aliphatic hydroxyl groups is 1. The molecule has 2 aromatic rings. The van der Waals surface area contributed by atoms with Crippen LogP contribution < -0.4 is 9.47 Å². The van der Waals surface area contributed by atoms with E-state index < -0.39 is 11.6 Å². The maximum Gasteiger partial charge on any atom is 0.161 e. The van der Waals surface area contributed by atoms with Crippen LogP contribution >= 0.6 is 0 Å². The minimum Gasteiger partial charge on any atom is -0.487 e. The van der Waals surface area contributed by atoms with Gasteiger partial charge in [-0.1, -0.05) is 18.2 Å². The fourth-order valence-electron chi connectivity index (χ4n) is 1.66. The summed E-state index contributed by atoms with van der Waals surface area (Å²) < 4.78 is 37.6. The van der Waals surface area contributed by atoms with Crippen LogP contribution in [0.4, 0.5) is 8.78 Å². The lowest BCUT2D eigenvalue weighted by molar-refractivity contribution is 0.191. The molecule has 0 aliphatic rings. The normalized spacial score (nSPS) is 10.3. The Balaban J connectivity index is 2.11. The molecule has 20 heavy (non-hydrogen) atoms. The van der Waals surface area contributed by atoms with Crippen molar-refractivity contribution < 1.29 is 23.4 Å². The van der Waals surface area contributed by atoms with Gasteiger partial charge in [0, 0.05) is 0 Å². The quantitative estimate of drug-likeness (QED) is 0.884. The number of para-hydroxylation sites is 2. The van der Waals surface area contributed by atoms with E-state index >= 15 is 0 Å². The predicted octanol–water partition coefficient (Wildman–Crippen LogP) is 2.91. The first-order valence-corrected chi connectivity index (χ1v) is 6.10. The Bertz CT molecular complexity index is 553. The van der Waals surface area contributed by atoms with Crippen molar-refractivity contribution in [2.24, 2.45) is 0 Å². The highest BCUT2D eigenvalue weighted by Gasteiger charge is 2.11. The molecule has 0 atom stereocenters. The summed E-state index contributed by atoms with van der Waals surface area (Å²) in [7, 11) is 0. The second-order valence-electron chi connectivity index (χ2n) is 4.01. The molecule has 3 nitrogen and oxygen atoms in total. The highest BCUT2D eigenvalue weighted by atomic mass is 19.1. The lowest BCUT2D eigenvalue weighted by Gasteiger charge is -2.12. The lowest BCUT2D eigenvalue weighted by Crippen LogP contribution is -2.05. The van der Waals surface area contributed by atoms with Crippen LogP contribution in [0.3, 0.4) is 0 Å². The summed E-state index contributed by atoms with van der Waals surface area (Å²) in [5.74, 6) is -0.528. The van der Waals surface area contributed by atoms with Crippen LogP contribution in [-0.4, -0.2) is 18.3 Å². The number of hydrogen-bond acceptors (Lipinski definition) is 3. The Labute approximate surface area is 115 Å². The van der Waals surface area contributed by atoms with E-state index in [1.807, 2.05) is 0 Å². The van der Waals surface area contributed by atoms with E-state index in [2.05, 4.69) is 0 Å². The van der Waals surface area contributed by atoms with Crippen LogP contribution in [0.2, 0.25) is 0 Å². The van der Waals surface area contributed by atoms with Crippen molar-refractivity contribution in [1.29, 1.82) is 0 Å². The second kappa shape index (κ2) is 6.86. The van der Waals surface area contributed by atoms with E-state index in [-0.39, 0.29) is 25.4 Å². The molecule has 0 fully saturated rings. The van der Waals surface area contributed by atoms with Crippen LogP contribution in [0.25, 0.3) is 0 Å². The zero-order chi connectivity index (χ0) is 14.4. The molecule has 0 amide bonds. The highest BCUT2D eigenvalue weighted by Crippen LogP contribution is 2.27. The van der Waals surface area contributed by atoms with Crippen LogP contribution in [0, 0.1) is 11.6 Å². The van der Waals surface area contributed by atoms with Crippen LogP contribution in [0.5, 0.6) is 11.5 Å². The van der Waals surface area contributed by atoms with E-state index in [0.29, 0.717) is 11.5 Å². The Hall–Kier alpha value is -2.14. The molecule has 1 N–H and O–H groups in total. The van der Waals surface area contributed by atoms with Crippen molar-refractivity contribution in [3.8, 4) is 11.5 Å². The van der Waals surface area contributed by atoms with E-state index in [1.165, 1.54) is 18.2 Å². The molecule has 0 aliphatic carbocycles. The predicted molar refractivity (Wildman–Crippen MR) is 69.7 cm³/mol. The molecular formula is C15H14F2O3. The third kappa shape index (κ3) is 3.45. The average Bonchev–Trinajstić information content (AvgIpc) is 2.45. The first-order chi connectivity index (χ1) is 9.72. The van der Waals surface area contributed by atoms with Gasteiger partial charge in [0.1, 0.15) is 24.8 Å².